The van der Waals surface area contributed by atoms with Crippen LogP contribution in [0.2, 0.25) is 5.02 Å². The summed E-state index contributed by atoms with van der Waals surface area (Å²) in [6.07, 6.45) is 2.82. The standard InChI is InChI=1S/C15H10ClFN4O2/c1-2-3-6-21-15(23)20-8-7-19(14(22)13(20)18-21)10-4-5-12(17)11(16)9-10/h4-5,7-9H,6H2,1H3. The van der Waals surface area contributed by atoms with E-state index in [9.17, 15) is 14.0 Å². The third-order valence-corrected chi connectivity index (χ3v) is 3.52. The Morgan fingerprint density at radius 2 is 2.09 bits per heavy atom. The Labute approximate surface area is 134 Å². The Morgan fingerprint density at radius 3 is 2.78 bits per heavy atom. The summed E-state index contributed by atoms with van der Waals surface area (Å²) in [4.78, 5) is 24.6. The summed E-state index contributed by atoms with van der Waals surface area (Å²) in [5, 5.41) is 3.90. The van der Waals surface area contributed by atoms with Crippen LogP contribution in [-0.2, 0) is 6.54 Å². The molecule has 0 amide bonds. The molecule has 0 radical (unpaired) electrons. The van der Waals surface area contributed by atoms with Crippen LogP contribution in [-0.4, -0.2) is 18.7 Å². The van der Waals surface area contributed by atoms with E-state index in [1.165, 1.54) is 29.1 Å². The molecule has 6 nitrogen and oxygen atoms in total. The zero-order valence-corrected chi connectivity index (χ0v) is 12.7. The molecule has 0 bridgehead atoms. The predicted molar refractivity (Wildman–Crippen MR) is 83.5 cm³/mol. The van der Waals surface area contributed by atoms with Crippen LogP contribution in [0.25, 0.3) is 11.3 Å². The van der Waals surface area contributed by atoms with E-state index in [0.717, 1.165) is 15.1 Å². The molecule has 0 unspecified atom stereocenters. The number of fused-ring (bicyclic) bond motifs is 1. The lowest BCUT2D eigenvalue weighted by atomic mass is 10.3. The first kappa shape index (κ1) is 15.1. The molecule has 0 aliphatic carbocycles. The first-order chi connectivity index (χ1) is 11.0. The summed E-state index contributed by atoms with van der Waals surface area (Å²) in [6, 6.07) is 3.90. The number of nitrogens with zero attached hydrogens (tertiary/aromatic N) is 4. The van der Waals surface area contributed by atoms with Crippen LogP contribution < -0.4 is 11.2 Å². The summed E-state index contributed by atoms with van der Waals surface area (Å²) >= 11 is 5.74. The second-order valence-electron chi connectivity index (χ2n) is 4.63. The van der Waals surface area contributed by atoms with Crippen molar-refractivity contribution in [3.63, 3.8) is 0 Å². The van der Waals surface area contributed by atoms with Gasteiger partial charge in [-0.3, -0.25) is 9.36 Å². The zero-order valence-electron chi connectivity index (χ0n) is 12.0. The van der Waals surface area contributed by atoms with E-state index in [4.69, 9.17) is 11.6 Å². The van der Waals surface area contributed by atoms with E-state index in [0.29, 0.717) is 5.69 Å². The summed E-state index contributed by atoms with van der Waals surface area (Å²) in [5.74, 6) is 4.79. The van der Waals surface area contributed by atoms with E-state index in [1.54, 1.807) is 6.92 Å². The van der Waals surface area contributed by atoms with Crippen LogP contribution in [0.4, 0.5) is 4.39 Å². The highest BCUT2D eigenvalue weighted by atomic mass is 35.5. The van der Waals surface area contributed by atoms with E-state index >= 15 is 0 Å². The fourth-order valence-electron chi connectivity index (χ4n) is 2.10. The molecule has 23 heavy (non-hydrogen) atoms. The molecule has 0 saturated heterocycles. The second kappa shape index (κ2) is 5.74. The smallest absolute Gasteiger partial charge is 0.280 e. The van der Waals surface area contributed by atoms with Crippen molar-refractivity contribution in [2.75, 3.05) is 0 Å². The van der Waals surface area contributed by atoms with Gasteiger partial charge in [0.15, 0.2) is 0 Å². The van der Waals surface area contributed by atoms with Gasteiger partial charge in [0.05, 0.1) is 10.7 Å². The van der Waals surface area contributed by atoms with Gasteiger partial charge in [-0.05, 0) is 25.1 Å². The van der Waals surface area contributed by atoms with Crippen molar-refractivity contribution in [3.05, 3.63) is 62.3 Å². The highest BCUT2D eigenvalue weighted by Gasteiger charge is 2.12. The van der Waals surface area contributed by atoms with Crippen molar-refractivity contribution in [3.8, 4) is 17.5 Å². The molecule has 2 aromatic heterocycles. The van der Waals surface area contributed by atoms with Gasteiger partial charge in [-0.1, -0.05) is 17.5 Å². The van der Waals surface area contributed by atoms with Crippen LogP contribution in [0.15, 0.2) is 40.2 Å². The van der Waals surface area contributed by atoms with Crippen molar-refractivity contribution < 1.29 is 4.39 Å². The van der Waals surface area contributed by atoms with Crippen molar-refractivity contribution in [1.29, 1.82) is 0 Å². The number of hydrogen-bond donors (Lipinski definition) is 0. The van der Waals surface area contributed by atoms with Gasteiger partial charge in [-0.15, -0.1) is 11.0 Å². The van der Waals surface area contributed by atoms with Crippen LogP contribution in [0.3, 0.4) is 0 Å². The number of rotatable bonds is 2. The maximum absolute atomic E-state index is 13.2. The number of hydrogen-bond acceptors (Lipinski definition) is 3. The molecule has 116 valence electrons. The van der Waals surface area contributed by atoms with E-state index in [1.807, 2.05) is 0 Å². The van der Waals surface area contributed by atoms with Gasteiger partial charge in [0, 0.05) is 12.4 Å². The molecule has 0 atom stereocenters. The largest absolute Gasteiger partial charge is 0.351 e. The van der Waals surface area contributed by atoms with Crippen LogP contribution in [0.5, 0.6) is 0 Å². The molecule has 3 aromatic rings. The summed E-state index contributed by atoms with van der Waals surface area (Å²) in [5.41, 5.74) is -0.644. The predicted octanol–water partition coefficient (Wildman–Crippen LogP) is 1.46. The van der Waals surface area contributed by atoms with Gasteiger partial charge in [0.2, 0.25) is 5.65 Å². The molecule has 1 aromatic carbocycles. The van der Waals surface area contributed by atoms with Crippen molar-refractivity contribution in [2.45, 2.75) is 13.5 Å². The Balaban J connectivity index is 2.22. The molecule has 8 heteroatoms. The van der Waals surface area contributed by atoms with Crippen molar-refractivity contribution in [2.24, 2.45) is 0 Å². The first-order valence-electron chi connectivity index (χ1n) is 6.59. The van der Waals surface area contributed by atoms with Crippen LogP contribution in [0, 0.1) is 17.7 Å². The average molecular weight is 333 g/mol. The monoisotopic (exact) mass is 332 g/mol. The minimum absolute atomic E-state index is 0.0455. The normalized spacial score (nSPS) is 10.6. The van der Waals surface area contributed by atoms with Crippen LogP contribution >= 0.6 is 11.6 Å². The van der Waals surface area contributed by atoms with Crippen LogP contribution in [0.1, 0.15) is 6.92 Å². The number of aromatic nitrogens is 4. The Morgan fingerprint density at radius 1 is 1.30 bits per heavy atom. The molecular formula is C15H10ClFN4O2. The Hall–Kier alpha value is -2.85. The Kier molecular flexibility index (Phi) is 3.76. The molecule has 0 N–H and O–H groups in total. The van der Waals surface area contributed by atoms with Gasteiger partial charge in [-0.2, -0.15) is 0 Å². The van der Waals surface area contributed by atoms with E-state index in [2.05, 4.69) is 16.9 Å². The minimum atomic E-state index is -0.580. The maximum Gasteiger partial charge on any atom is 0.351 e. The molecule has 2 heterocycles. The maximum atomic E-state index is 13.2. The first-order valence-corrected chi connectivity index (χ1v) is 6.96. The molecule has 3 rings (SSSR count). The lowest BCUT2D eigenvalue weighted by Crippen LogP contribution is -2.24. The highest BCUT2D eigenvalue weighted by Crippen LogP contribution is 2.17. The minimum Gasteiger partial charge on any atom is -0.280 e. The fourth-order valence-corrected chi connectivity index (χ4v) is 2.28. The second-order valence-corrected chi connectivity index (χ2v) is 5.04. The van der Waals surface area contributed by atoms with Crippen molar-refractivity contribution in [1.82, 2.24) is 18.7 Å². The summed E-state index contributed by atoms with van der Waals surface area (Å²) in [7, 11) is 0. The lowest BCUT2D eigenvalue weighted by Gasteiger charge is -2.06. The Bertz CT molecular complexity index is 1080. The third-order valence-electron chi connectivity index (χ3n) is 3.23. The van der Waals surface area contributed by atoms with Crippen molar-refractivity contribution >= 4 is 17.2 Å². The molecule has 0 aliphatic heterocycles. The highest BCUT2D eigenvalue weighted by molar-refractivity contribution is 6.30. The third kappa shape index (κ3) is 2.53. The summed E-state index contributed by atoms with van der Waals surface area (Å²) < 4.78 is 16.7. The number of halogens is 2. The van der Waals surface area contributed by atoms with Gasteiger partial charge in [0.25, 0.3) is 0 Å². The summed E-state index contributed by atoms with van der Waals surface area (Å²) in [6.45, 7) is 1.74. The fraction of sp³-hybridized carbons (Fsp3) is 0.133. The lowest BCUT2D eigenvalue weighted by molar-refractivity contribution is 0.627. The number of benzene rings is 1. The van der Waals surface area contributed by atoms with Gasteiger partial charge in [0.1, 0.15) is 12.4 Å². The van der Waals surface area contributed by atoms with Gasteiger partial charge >= 0.3 is 11.2 Å². The molecule has 0 fully saturated rings. The zero-order chi connectivity index (χ0) is 16.6. The molecule has 0 aliphatic rings. The van der Waals surface area contributed by atoms with E-state index < -0.39 is 17.1 Å². The van der Waals surface area contributed by atoms with E-state index in [-0.39, 0.29) is 17.2 Å². The quantitative estimate of drug-likeness (QED) is 0.668. The SMILES string of the molecule is CC#CCn1nc2c(=O)n(-c3ccc(F)c(Cl)c3)ccn2c1=O. The molecule has 0 saturated carbocycles. The average Bonchev–Trinajstić information content (AvgIpc) is 2.86. The van der Waals surface area contributed by atoms with Gasteiger partial charge < -0.3 is 0 Å². The van der Waals surface area contributed by atoms with Gasteiger partial charge in [-0.25, -0.2) is 18.3 Å². The topological polar surface area (TPSA) is 61.3 Å². The molecular weight excluding hydrogens is 323 g/mol. The molecule has 0 spiro atoms.